The highest BCUT2D eigenvalue weighted by atomic mass is 16.6. The maximum absolute atomic E-state index is 10.8. The van der Waals surface area contributed by atoms with Crippen molar-refractivity contribution in [1.29, 1.82) is 0 Å². The first-order valence-electron chi connectivity index (χ1n) is 7.15. The van der Waals surface area contributed by atoms with Crippen molar-refractivity contribution in [2.45, 2.75) is 18.6 Å². The maximum atomic E-state index is 10.8. The molecule has 6 heteroatoms. The van der Waals surface area contributed by atoms with Crippen molar-refractivity contribution in [3.8, 4) is 11.5 Å². The van der Waals surface area contributed by atoms with E-state index in [2.05, 4.69) is 4.90 Å². The third kappa shape index (κ3) is 3.65. The summed E-state index contributed by atoms with van der Waals surface area (Å²) in [7, 11) is 0. The van der Waals surface area contributed by atoms with Gasteiger partial charge in [0, 0.05) is 19.6 Å². The van der Waals surface area contributed by atoms with Crippen LogP contribution in [0, 0.1) is 0 Å². The topological polar surface area (TPSA) is 68.2 Å². The summed E-state index contributed by atoms with van der Waals surface area (Å²) in [5.41, 5.74) is 0. The molecule has 1 aromatic carbocycles. The van der Waals surface area contributed by atoms with Crippen molar-refractivity contribution in [3.05, 3.63) is 24.3 Å². The molecule has 2 atom stereocenters. The Labute approximate surface area is 123 Å². The molecule has 2 aliphatic rings. The van der Waals surface area contributed by atoms with Crippen LogP contribution in [-0.4, -0.2) is 61.0 Å². The first kappa shape index (κ1) is 14.2. The number of carboxylic acids is 1. The van der Waals surface area contributed by atoms with Gasteiger partial charge in [-0.3, -0.25) is 9.69 Å². The predicted octanol–water partition coefficient (Wildman–Crippen LogP) is 1.00. The van der Waals surface area contributed by atoms with Gasteiger partial charge >= 0.3 is 5.97 Å². The van der Waals surface area contributed by atoms with E-state index < -0.39 is 5.97 Å². The van der Waals surface area contributed by atoms with Crippen LogP contribution < -0.4 is 9.47 Å². The van der Waals surface area contributed by atoms with Crippen molar-refractivity contribution in [3.63, 3.8) is 0 Å². The van der Waals surface area contributed by atoms with Gasteiger partial charge in [0.2, 0.25) is 0 Å². The molecule has 1 aromatic rings. The van der Waals surface area contributed by atoms with Crippen molar-refractivity contribution < 1.29 is 24.1 Å². The van der Waals surface area contributed by atoms with E-state index in [9.17, 15) is 4.79 Å². The minimum absolute atomic E-state index is 0.0384. The van der Waals surface area contributed by atoms with Gasteiger partial charge in [0.1, 0.15) is 12.7 Å². The number of rotatable bonds is 4. The number of para-hydroxylation sites is 2. The van der Waals surface area contributed by atoms with Crippen molar-refractivity contribution in [1.82, 2.24) is 4.90 Å². The van der Waals surface area contributed by atoms with E-state index in [0.717, 1.165) is 18.0 Å². The van der Waals surface area contributed by atoms with E-state index in [4.69, 9.17) is 19.3 Å². The van der Waals surface area contributed by atoms with Gasteiger partial charge in [-0.25, -0.2) is 0 Å². The lowest BCUT2D eigenvalue weighted by molar-refractivity contribution is -0.142. The van der Waals surface area contributed by atoms with Crippen LogP contribution in [0.2, 0.25) is 0 Å². The van der Waals surface area contributed by atoms with Gasteiger partial charge in [0.15, 0.2) is 11.5 Å². The molecule has 2 aliphatic heterocycles. The summed E-state index contributed by atoms with van der Waals surface area (Å²) in [5.74, 6) is 0.719. The van der Waals surface area contributed by atoms with Gasteiger partial charge in [-0.2, -0.15) is 0 Å². The lowest BCUT2D eigenvalue weighted by Gasteiger charge is -2.35. The summed E-state index contributed by atoms with van der Waals surface area (Å²) in [6, 6.07) is 7.63. The molecular formula is C15H19NO5. The number of hydrogen-bond acceptors (Lipinski definition) is 5. The number of carbonyl (C=O) groups is 1. The third-order valence-corrected chi connectivity index (χ3v) is 3.65. The molecule has 1 N–H and O–H groups in total. The number of nitrogens with zero attached hydrogens (tertiary/aromatic N) is 1. The van der Waals surface area contributed by atoms with E-state index in [-0.39, 0.29) is 18.6 Å². The Balaban J connectivity index is 1.54. The number of carboxylic acid groups (broad SMARTS) is 1. The van der Waals surface area contributed by atoms with E-state index >= 15 is 0 Å². The molecule has 1 saturated heterocycles. The van der Waals surface area contributed by atoms with Crippen LogP contribution in [0.4, 0.5) is 0 Å². The molecule has 0 saturated carbocycles. The molecule has 0 aromatic heterocycles. The monoisotopic (exact) mass is 293 g/mol. The molecule has 0 bridgehead atoms. The zero-order valence-corrected chi connectivity index (χ0v) is 11.7. The fourth-order valence-corrected chi connectivity index (χ4v) is 2.71. The number of morpholine rings is 1. The van der Waals surface area contributed by atoms with Crippen molar-refractivity contribution in [2.24, 2.45) is 0 Å². The summed E-state index contributed by atoms with van der Waals surface area (Å²) in [6.45, 7) is 3.19. The summed E-state index contributed by atoms with van der Waals surface area (Å²) in [6.07, 6.45) is -0.238. The summed E-state index contributed by atoms with van der Waals surface area (Å²) in [4.78, 5) is 12.9. The number of hydrogen-bond donors (Lipinski definition) is 1. The summed E-state index contributed by atoms with van der Waals surface area (Å²) in [5, 5.41) is 8.84. The Morgan fingerprint density at radius 2 is 2.10 bits per heavy atom. The van der Waals surface area contributed by atoms with Crippen LogP contribution >= 0.6 is 0 Å². The summed E-state index contributed by atoms with van der Waals surface area (Å²) >= 11 is 0. The SMILES string of the molecule is O=C(O)CC1CN(CC2COc3ccccc3O2)CCO1. The number of benzene rings is 1. The Morgan fingerprint density at radius 3 is 2.90 bits per heavy atom. The highest BCUT2D eigenvalue weighted by Gasteiger charge is 2.27. The normalized spacial score (nSPS) is 25.5. The fourth-order valence-electron chi connectivity index (χ4n) is 2.71. The van der Waals surface area contributed by atoms with E-state index in [1.165, 1.54) is 0 Å². The van der Waals surface area contributed by atoms with E-state index in [0.29, 0.717) is 26.3 Å². The zero-order valence-electron chi connectivity index (χ0n) is 11.7. The Morgan fingerprint density at radius 1 is 1.29 bits per heavy atom. The van der Waals surface area contributed by atoms with Gasteiger partial charge in [-0.05, 0) is 12.1 Å². The number of fused-ring (bicyclic) bond motifs is 1. The Kier molecular flexibility index (Phi) is 4.26. The van der Waals surface area contributed by atoms with Gasteiger partial charge < -0.3 is 19.3 Å². The van der Waals surface area contributed by atoms with Gasteiger partial charge in [0.05, 0.1) is 19.1 Å². The standard InChI is InChI=1S/C15H19NO5/c17-15(18)7-11-8-16(5-6-19-11)9-12-10-20-13-3-1-2-4-14(13)21-12/h1-4,11-12H,5-10H2,(H,17,18). The fraction of sp³-hybridized carbons (Fsp3) is 0.533. The quantitative estimate of drug-likeness (QED) is 0.893. The number of ether oxygens (including phenoxy) is 3. The molecule has 6 nitrogen and oxygen atoms in total. The van der Waals surface area contributed by atoms with E-state index in [1.807, 2.05) is 24.3 Å². The second-order valence-corrected chi connectivity index (χ2v) is 5.35. The average molecular weight is 293 g/mol. The molecular weight excluding hydrogens is 274 g/mol. The van der Waals surface area contributed by atoms with Crippen LogP contribution in [0.5, 0.6) is 11.5 Å². The molecule has 21 heavy (non-hydrogen) atoms. The molecule has 114 valence electrons. The Bertz CT molecular complexity index is 507. The predicted molar refractivity (Wildman–Crippen MR) is 74.8 cm³/mol. The molecule has 0 amide bonds. The first-order chi connectivity index (χ1) is 10.2. The number of aliphatic carboxylic acids is 1. The highest BCUT2D eigenvalue weighted by molar-refractivity contribution is 5.67. The lowest BCUT2D eigenvalue weighted by atomic mass is 10.2. The largest absolute Gasteiger partial charge is 0.486 e. The molecule has 0 spiro atoms. The average Bonchev–Trinajstić information content (AvgIpc) is 2.47. The van der Waals surface area contributed by atoms with Crippen molar-refractivity contribution in [2.75, 3.05) is 32.8 Å². The van der Waals surface area contributed by atoms with Crippen LogP contribution in [0.25, 0.3) is 0 Å². The maximum Gasteiger partial charge on any atom is 0.306 e. The van der Waals surface area contributed by atoms with Gasteiger partial charge in [-0.15, -0.1) is 0 Å². The van der Waals surface area contributed by atoms with Gasteiger partial charge in [0.25, 0.3) is 0 Å². The van der Waals surface area contributed by atoms with Crippen LogP contribution in [0.1, 0.15) is 6.42 Å². The van der Waals surface area contributed by atoms with Crippen molar-refractivity contribution >= 4 is 5.97 Å². The molecule has 0 aliphatic carbocycles. The molecule has 2 heterocycles. The van der Waals surface area contributed by atoms with Gasteiger partial charge in [-0.1, -0.05) is 12.1 Å². The third-order valence-electron chi connectivity index (χ3n) is 3.65. The molecule has 0 radical (unpaired) electrons. The minimum Gasteiger partial charge on any atom is -0.486 e. The zero-order chi connectivity index (χ0) is 14.7. The molecule has 3 rings (SSSR count). The first-order valence-corrected chi connectivity index (χ1v) is 7.15. The summed E-state index contributed by atoms with van der Waals surface area (Å²) < 4.78 is 17.1. The highest BCUT2D eigenvalue weighted by Crippen LogP contribution is 2.31. The van der Waals surface area contributed by atoms with Crippen LogP contribution in [0.3, 0.4) is 0 Å². The minimum atomic E-state index is -0.826. The second kappa shape index (κ2) is 6.32. The smallest absolute Gasteiger partial charge is 0.306 e. The molecule has 2 unspecified atom stereocenters. The lowest BCUT2D eigenvalue weighted by Crippen LogP contribution is -2.49. The van der Waals surface area contributed by atoms with Crippen LogP contribution in [-0.2, 0) is 9.53 Å². The second-order valence-electron chi connectivity index (χ2n) is 5.35. The van der Waals surface area contributed by atoms with E-state index in [1.54, 1.807) is 0 Å². The molecule has 1 fully saturated rings. The van der Waals surface area contributed by atoms with Crippen LogP contribution in [0.15, 0.2) is 24.3 Å². The Hall–Kier alpha value is -1.79.